The molecule has 0 radical (unpaired) electrons. The predicted molar refractivity (Wildman–Crippen MR) is 59.9 cm³/mol. The van der Waals surface area contributed by atoms with Crippen molar-refractivity contribution in [2.24, 2.45) is 11.5 Å². The van der Waals surface area contributed by atoms with Crippen molar-refractivity contribution in [2.75, 3.05) is 18.0 Å². The molecule has 1 aromatic carbocycles. The molecule has 1 unspecified atom stereocenters. The van der Waals surface area contributed by atoms with Crippen LogP contribution >= 0.6 is 0 Å². The predicted octanol–water partition coefficient (Wildman–Crippen LogP) is 0.763. The molecule has 3 nitrogen and oxygen atoms in total. The lowest BCUT2D eigenvalue weighted by Crippen LogP contribution is -2.46. The van der Waals surface area contributed by atoms with Crippen LogP contribution in [0.25, 0.3) is 5.57 Å². The maximum absolute atomic E-state index is 5.92. The second kappa shape index (κ2) is 3.44. The smallest absolute Gasteiger partial charge is 0.0898 e. The van der Waals surface area contributed by atoms with E-state index in [-0.39, 0.29) is 6.17 Å². The molecule has 1 aliphatic rings. The van der Waals surface area contributed by atoms with Gasteiger partial charge in [-0.3, -0.25) is 0 Å². The largest absolute Gasteiger partial charge is 0.350 e. The molecule has 0 spiro atoms. The first-order valence-electron chi connectivity index (χ1n) is 4.73. The molecule has 0 fully saturated rings. The number of para-hydroxylation sites is 1. The molecule has 74 valence electrons. The third-order valence-corrected chi connectivity index (χ3v) is 2.60. The summed E-state index contributed by atoms with van der Waals surface area (Å²) in [4.78, 5) is 2.09. The van der Waals surface area contributed by atoms with E-state index in [9.17, 15) is 0 Å². The van der Waals surface area contributed by atoms with Crippen LogP contribution in [-0.4, -0.2) is 19.3 Å². The Balaban J connectivity index is 2.39. The molecule has 0 saturated carbocycles. The van der Waals surface area contributed by atoms with Crippen molar-refractivity contribution < 1.29 is 0 Å². The lowest BCUT2D eigenvalue weighted by atomic mass is 10.1. The van der Waals surface area contributed by atoms with E-state index in [0.29, 0.717) is 6.54 Å². The van der Waals surface area contributed by atoms with Crippen LogP contribution in [0, 0.1) is 0 Å². The Kier molecular flexibility index (Phi) is 2.27. The molecule has 3 heteroatoms. The molecule has 4 N–H and O–H groups in total. The zero-order valence-corrected chi connectivity index (χ0v) is 8.11. The number of fused-ring (bicyclic) bond motifs is 1. The fourth-order valence-electron chi connectivity index (χ4n) is 1.82. The van der Waals surface area contributed by atoms with Crippen molar-refractivity contribution in [2.45, 2.75) is 6.17 Å². The molecule has 1 atom stereocenters. The topological polar surface area (TPSA) is 55.3 Å². The molecule has 0 aromatic heterocycles. The number of nitrogens with zero attached hydrogens (tertiary/aromatic N) is 1. The first kappa shape index (κ1) is 9.24. The summed E-state index contributed by atoms with van der Waals surface area (Å²) in [6, 6.07) is 8.15. The first-order valence-corrected chi connectivity index (χ1v) is 4.73. The number of anilines is 1. The van der Waals surface area contributed by atoms with Crippen molar-refractivity contribution >= 4 is 11.3 Å². The maximum Gasteiger partial charge on any atom is 0.0898 e. The summed E-state index contributed by atoms with van der Waals surface area (Å²) < 4.78 is 0. The minimum absolute atomic E-state index is 0.115. The number of benzene rings is 1. The zero-order chi connectivity index (χ0) is 10.1. The Bertz CT molecular complexity index is 359. The lowest BCUT2D eigenvalue weighted by molar-refractivity contribution is 0.656. The highest BCUT2D eigenvalue weighted by molar-refractivity contribution is 5.84. The van der Waals surface area contributed by atoms with E-state index in [1.54, 1.807) is 0 Å². The van der Waals surface area contributed by atoms with Gasteiger partial charge in [-0.05, 0) is 11.6 Å². The molecule has 0 bridgehead atoms. The third kappa shape index (κ3) is 1.31. The summed E-state index contributed by atoms with van der Waals surface area (Å²) in [6.45, 7) is 5.27. The molecular formula is C11H15N3. The SMILES string of the molecule is C=C1CN(C(N)CN)c2ccccc21. The van der Waals surface area contributed by atoms with Crippen LogP contribution in [0.15, 0.2) is 30.8 Å². The first-order chi connectivity index (χ1) is 6.74. The highest BCUT2D eigenvalue weighted by atomic mass is 15.2. The van der Waals surface area contributed by atoms with Gasteiger partial charge in [-0.2, -0.15) is 0 Å². The van der Waals surface area contributed by atoms with Gasteiger partial charge in [-0.15, -0.1) is 0 Å². The molecule has 0 aliphatic carbocycles. The molecular weight excluding hydrogens is 174 g/mol. The van der Waals surface area contributed by atoms with E-state index in [0.717, 1.165) is 17.8 Å². The van der Waals surface area contributed by atoms with Gasteiger partial charge in [0.05, 0.1) is 6.17 Å². The maximum atomic E-state index is 5.92. The van der Waals surface area contributed by atoms with E-state index in [1.807, 2.05) is 12.1 Å². The highest BCUT2D eigenvalue weighted by Gasteiger charge is 2.24. The molecule has 0 saturated heterocycles. The molecule has 14 heavy (non-hydrogen) atoms. The van der Waals surface area contributed by atoms with E-state index in [1.165, 1.54) is 5.56 Å². The van der Waals surface area contributed by atoms with Gasteiger partial charge in [-0.1, -0.05) is 24.8 Å². The Labute approximate surface area is 84.0 Å². The molecule has 1 aromatic rings. The van der Waals surface area contributed by atoms with Crippen LogP contribution in [0.5, 0.6) is 0 Å². The average molecular weight is 189 g/mol. The van der Waals surface area contributed by atoms with Gasteiger partial charge in [0.15, 0.2) is 0 Å². The summed E-state index contributed by atoms with van der Waals surface area (Å²) >= 11 is 0. The zero-order valence-electron chi connectivity index (χ0n) is 8.11. The Morgan fingerprint density at radius 1 is 1.43 bits per heavy atom. The van der Waals surface area contributed by atoms with Crippen molar-refractivity contribution in [3.05, 3.63) is 36.4 Å². The number of hydrogen-bond donors (Lipinski definition) is 2. The summed E-state index contributed by atoms with van der Waals surface area (Å²) in [6.07, 6.45) is -0.115. The summed E-state index contributed by atoms with van der Waals surface area (Å²) in [5.74, 6) is 0. The minimum Gasteiger partial charge on any atom is -0.350 e. The minimum atomic E-state index is -0.115. The van der Waals surface area contributed by atoms with Crippen LogP contribution in [0.4, 0.5) is 5.69 Å². The number of nitrogens with two attached hydrogens (primary N) is 2. The second-order valence-corrected chi connectivity index (χ2v) is 3.55. The van der Waals surface area contributed by atoms with Crippen LogP contribution in [0.3, 0.4) is 0 Å². The van der Waals surface area contributed by atoms with Crippen molar-refractivity contribution in [3.63, 3.8) is 0 Å². The number of hydrogen-bond acceptors (Lipinski definition) is 3. The molecule has 1 heterocycles. The Hall–Kier alpha value is -1.32. The highest BCUT2D eigenvalue weighted by Crippen LogP contribution is 2.34. The van der Waals surface area contributed by atoms with Gasteiger partial charge < -0.3 is 16.4 Å². The van der Waals surface area contributed by atoms with E-state index >= 15 is 0 Å². The second-order valence-electron chi connectivity index (χ2n) is 3.55. The van der Waals surface area contributed by atoms with Gasteiger partial charge in [-0.25, -0.2) is 0 Å². The van der Waals surface area contributed by atoms with Gasteiger partial charge in [0.25, 0.3) is 0 Å². The summed E-state index contributed by atoms with van der Waals surface area (Å²) in [5, 5.41) is 0. The van der Waals surface area contributed by atoms with E-state index in [4.69, 9.17) is 11.5 Å². The Morgan fingerprint density at radius 3 is 2.86 bits per heavy atom. The van der Waals surface area contributed by atoms with Crippen LogP contribution in [0.1, 0.15) is 5.56 Å². The summed E-state index contributed by atoms with van der Waals surface area (Å²) in [7, 11) is 0. The van der Waals surface area contributed by atoms with Gasteiger partial charge in [0.2, 0.25) is 0 Å². The molecule has 1 aliphatic heterocycles. The Morgan fingerprint density at radius 2 is 2.14 bits per heavy atom. The van der Waals surface area contributed by atoms with Crippen molar-refractivity contribution in [3.8, 4) is 0 Å². The normalized spacial score (nSPS) is 17.0. The fourth-order valence-corrected chi connectivity index (χ4v) is 1.82. The van der Waals surface area contributed by atoms with Gasteiger partial charge >= 0.3 is 0 Å². The average Bonchev–Trinajstić information content (AvgIpc) is 2.56. The summed E-state index contributed by atoms with van der Waals surface area (Å²) in [5.41, 5.74) is 14.9. The molecule has 2 rings (SSSR count). The van der Waals surface area contributed by atoms with Gasteiger partial charge in [0, 0.05) is 24.3 Å². The third-order valence-electron chi connectivity index (χ3n) is 2.60. The standard InChI is InChI=1S/C11H15N3/c1-8-7-14(11(13)6-12)10-5-3-2-4-9(8)10/h2-5,11H,1,6-7,12-13H2. The monoisotopic (exact) mass is 189 g/mol. The van der Waals surface area contributed by atoms with Crippen LogP contribution in [-0.2, 0) is 0 Å². The van der Waals surface area contributed by atoms with Crippen molar-refractivity contribution in [1.29, 1.82) is 0 Å². The van der Waals surface area contributed by atoms with Gasteiger partial charge in [0.1, 0.15) is 0 Å². The molecule has 0 amide bonds. The number of rotatable bonds is 2. The van der Waals surface area contributed by atoms with Crippen LogP contribution in [0.2, 0.25) is 0 Å². The van der Waals surface area contributed by atoms with Crippen molar-refractivity contribution in [1.82, 2.24) is 0 Å². The van der Waals surface area contributed by atoms with E-state index in [2.05, 4.69) is 23.6 Å². The lowest BCUT2D eigenvalue weighted by Gasteiger charge is -2.25. The quantitative estimate of drug-likeness (QED) is 0.722. The van der Waals surface area contributed by atoms with E-state index < -0.39 is 0 Å². The van der Waals surface area contributed by atoms with Crippen LogP contribution < -0.4 is 16.4 Å². The fraction of sp³-hybridized carbons (Fsp3) is 0.273.